The van der Waals surface area contributed by atoms with Gasteiger partial charge in [-0.05, 0) is 62.4 Å². The summed E-state index contributed by atoms with van der Waals surface area (Å²) in [5.41, 5.74) is 1.43. The third-order valence-corrected chi connectivity index (χ3v) is 5.93. The predicted octanol–water partition coefficient (Wildman–Crippen LogP) is 3.37. The van der Waals surface area contributed by atoms with Crippen molar-refractivity contribution in [3.05, 3.63) is 59.7 Å². The molecule has 1 fully saturated rings. The first kappa shape index (κ1) is 26.7. The van der Waals surface area contributed by atoms with Crippen molar-refractivity contribution in [3.8, 4) is 5.75 Å². The molecule has 3 rings (SSSR count). The van der Waals surface area contributed by atoms with E-state index in [2.05, 4.69) is 5.32 Å². The molecule has 1 heterocycles. The highest BCUT2D eigenvalue weighted by Gasteiger charge is 2.33. The van der Waals surface area contributed by atoms with Crippen LogP contribution in [0.1, 0.15) is 48.5 Å². The van der Waals surface area contributed by atoms with Gasteiger partial charge in [0.05, 0.1) is 25.0 Å². The summed E-state index contributed by atoms with van der Waals surface area (Å²) in [6, 6.07) is 13.2. The molecule has 2 aromatic carbocycles. The zero-order chi connectivity index (χ0) is 25.9. The normalized spacial score (nSPS) is 15.1. The number of amides is 2. The van der Waals surface area contributed by atoms with Crippen molar-refractivity contribution < 1.29 is 33.4 Å². The largest absolute Gasteiger partial charge is 0.497 e. The number of hydrogen-bond acceptors (Lipinski definition) is 7. The first-order valence-corrected chi connectivity index (χ1v) is 12.1. The number of nitrogens with one attached hydrogen (secondary N) is 1. The quantitative estimate of drug-likeness (QED) is 0.502. The summed E-state index contributed by atoms with van der Waals surface area (Å²) in [4.78, 5) is 51.6. The molecule has 1 atom stereocenters. The fraction of sp³-hybridized carbons (Fsp3) is 0.407. The molecule has 0 radical (unpaired) electrons. The van der Waals surface area contributed by atoms with Gasteiger partial charge < -0.3 is 24.4 Å². The molecule has 1 aliphatic rings. The first-order valence-electron chi connectivity index (χ1n) is 12.1. The Labute approximate surface area is 210 Å². The van der Waals surface area contributed by atoms with Crippen molar-refractivity contribution in [1.29, 1.82) is 0 Å². The third-order valence-electron chi connectivity index (χ3n) is 5.93. The maximum atomic E-state index is 12.7. The summed E-state index contributed by atoms with van der Waals surface area (Å²) >= 11 is 0. The Balaban J connectivity index is 1.56. The Hall–Kier alpha value is -3.88. The molecule has 0 spiro atoms. The predicted molar refractivity (Wildman–Crippen MR) is 133 cm³/mol. The second-order valence-corrected chi connectivity index (χ2v) is 8.37. The van der Waals surface area contributed by atoms with E-state index in [4.69, 9.17) is 14.2 Å². The molecule has 0 aromatic heterocycles. The van der Waals surface area contributed by atoms with Crippen molar-refractivity contribution in [2.75, 3.05) is 32.2 Å². The number of esters is 2. The van der Waals surface area contributed by atoms with E-state index in [1.807, 2.05) is 24.3 Å². The minimum atomic E-state index is -0.737. The number of rotatable bonds is 10. The number of nitrogens with zero attached hydrogens (tertiary/aromatic N) is 1. The molecule has 1 N–H and O–H groups in total. The fourth-order valence-electron chi connectivity index (χ4n) is 4.03. The highest BCUT2D eigenvalue weighted by molar-refractivity contribution is 6.02. The molecule has 9 nitrogen and oxygen atoms in total. The Morgan fingerprint density at radius 1 is 1.00 bits per heavy atom. The third kappa shape index (κ3) is 7.31. The summed E-state index contributed by atoms with van der Waals surface area (Å²) in [5, 5.41) is 2.75. The summed E-state index contributed by atoms with van der Waals surface area (Å²) in [7, 11) is 1.59. The Morgan fingerprint density at radius 3 is 2.47 bits per heavy atom. The highest BCUT2D eigenvalue weighted by atomic mass is 16.5. The lowest BCUT2D eigenvalue weighted by Gasteiger charge is -2.33. The van der Waals surface area contributed by atoms with Crippen molar-refractivity contribution in [3.63, 3.8) is 0 Å². The van der Waals surface area contributed by atoms with Gasteiger partial charge in [0.25, 0.3) is 5.91 Å². The van der Waals surface area contributed by atoms with Gasteiger partial charge in [0.15, 0.2) is 6.61 Å². The van der Waals surface area contributed by atoms with E-state index in [9.17, 15) is 19.2 Å². The number of carbonyl (C=O) groups excluding carboxylic acids is 4. The number of methoxy groups -OCH3 is 1. The Bertz CT molecular complexity index is 1070. The molecule has 0 saturated carbocycles. The standard InChI is InChI=1S/C27H32N2O7/c1-3-35-27(33)23-10-6-7-17-29(23)25(31)18-36-26(32)21-8-4-5-9-22(21)28-24(30)16-13-19-11-14-20(34-2)15-12-19/h4-5,8-9,11-12,14-15,23H,3,6-7,10,13,16-18H2,1-2H3,(H,28,30). The number of likely N-dealkylation sites (tertiary alicyclic amines) is 1. The van der Waals surface area contributed by atoms with E-state index in [-0.39, 0.29) is 24.5 Å². The van der Waals surface area contributed by atoms with Crippen LogP contribution in [0.15, 0.2) is 48.5 Å². The van der Waals surface area contributed by atoms with Gasteiger partial charge in [-0.3, -0.25) is 9.59 Å². The van der Waals surface area contributed by atoms with Gasteiger partial charge in [0.2, 0.25) is 5.91 Å². The van der Waals surface area contributed by atoms with Crippen LogP contribution in [0.2, 0.25) is 0 Å². The van der Waals surface area contributed by atoms with Gasteiger partial charge >= 0.3 is 11.9 Å². The zero-order valence-electron chi connectivity index (χ0n) is 20.7. The molecule has 9 heteroatoms. The minimum absolute atomic E-state index is 0.142. The Kier molecular flexibility index (Phi) is 9.85. The number of hydrogen-bond donors (Lipinski definition) is 1. The SMILES string of the molecule is CCOC(=O)C1CCCCN1C(=O)COC(=O)c1ccccc1NC(=O)CCc1ccc(OC)cc1. The summed E-state index contributed by atoms with van der Waals surface area (Å²) in [6.45, 7) is 1.84. The van der Waals surface area contributed by atoms with Crippen LogP contribution < -0.4 is 10.1 Å². The van der Waals surface area contributed by atoms with Crippen molar-refractivity contribution in [2.45, 2.75) is 45.1 Å². The lowest BCUT2D eigenvalue weighted by molar-refractivity contribution is -0.157. The molecule has 36 heavy (non-hydrogen) atoms. The average molecular weight is 497 g/mol. The van der Waals surface area contributed by atoms with Gasteiger partial charge in [-0.15, -0.1) is 0 Å². The molecule has 2 amide bonds. The maximum Gasteiger partial charge on any atom is 0.340 e. The van der Waals surface area contributed by atoms with E-state index < -0.39 is 30.5 Å². The van der Waals surface area contributed by atoms with Gasteiger partial charge in [-0.2, -0.15) is 0 Å². The smallest absolute Gasteiger partial charge is 0.340 e. The molecule has 1 aliphatic heterocycles. The number of aryl methyl sites for hydroxylation is 1. The number of ether oxygens (including phenoxy) is 3. The molecule has 1 saturated heterocycles. The minimum Gasteiger partial charge on any atom is -0.497 e. The first-order chi connectivity index (χ1) is 17.4. The van der Waals surface area contributed by atoms with E-state index in [1.54, 1.807) is 32.2 Å². The topological polar surface area (TPSA) is 111 Å². The van der Waals surface area contributed by atoms with Crippen LogP contribution in [0.5, 0.6) is 5.75 Å². The number of anilines is 1. The van der Waals surface area contributed by atoms with E-state index >= 15 is 0 Å². The van der Waals surface area contributed by atoms with Crippen molar-refractivity contribution >= 4 is 29.4 Å². The van der Waals surface area contributed by atoms with Crippen LogP contribution in [-0.2, 0) is 30.3 Å². The van der Waals surface area contributed by atoms with Gasteiger partial charge in [-0.1, -0.05) is 24.3 Å². The summed E-state index contributed by atoms with van der Waals surface area (Å²) in [6.07, 6.45) is 2.84. The van der Waals surface area contributed by atoms with Crippen LogP contribution in [0.3, 0.4) is 0 Å². The summed E-state index contributed by atoms with van der Waals surface area (Å²) in [5.74, 6) is -1.15. The van der Waals surface area contributed by atoms with E-state index in [0.717, 1.165) is 24.2 Å². The zero-order valence-corrected chi connectivity index (χ0v) is 20.7. The lowest BCUT2D eigenvalue weighted by Crippen LogP contribution is -2.50. The van der Waals surface area contributed by atoms with Crippen LogP contribution in [0.25, 0.3) is 0 Å². The van der Waals surface area contributed by atoms with Crippen molar-refractivity contribution in [2.24, 2.45) is 0 Å². The molecule has 2 aromatic rings. The molecule has 0 bridgehead atoms. The maximum absolute atomic E-state index is 12.7. The molecule has 0 aliphatic carbocycles. The van der Waals surface area contributed by atoms with E-state index in [0.29, 0.717) is 25.1 Å². The molecule has 192 valence electrons. The second kappa shape index (κ2) is 13.3. The molecule has 1 unspecified atom stereocenters. The molecular weight excluding hydrogens is 464 g/mol. The lowest BCUT2D eigenvalue weighted by atomic mass is 10.0. The van der Waals surface area contributed by atoms with Gasteiger partial charge in [0, 0.05) is 13.0 Å². The molecular formula is C27H32N2O7. The number of piperidine rings is 1. The average Bonchev–Trinajstić information content (AvgIpc) is 2.91. The Morgan fingerprint density at radius 2 is 1.75 bits per heavy atom. The summed E-state index contributed by atoms with van der Waals surface area (Å²) < 4.78 is 15.5. The van der Waals surface area contributed by atoms with Gasteiger partial charge in [-0.25, -0.2) is 9.59 Å². The number of carbonyl (C=O) groups is 4. The van der Waals surface area contributed by atoms with E-state index in [1.165, 1.54) is 11.0 Å². The number of benzene rings is 2. The highest BCUT2D eigenvalue weighted by Crippen LogP contribution is 2.20. The van der Waals surface area contributed by atoms with Gasteiger partial charge in [0.1, 0.15) is 11.8 Å². The van der Waals surface area contributed by atoms with Crippen LogP contribution in [0, 0.1) is 0 Å². The van der Waals surface area contributed by atoms with Crippen LogP contribution in [0.4, 0.5) is 5.69 Å². The fourth-order valence-corrected chi connectivity index (χ4v) is 4.03. The second-order valence-electron chi connectivity index (χ2n) is 8.37. The number of para-hydroxylation sites is 1. The van der Waals surface area contributed by atoms with Crippen LogP contribution >= 0.6 is 0 Å². The van der Waals surface area contributed by atoms with Crippen LogP contribution in [-0.4, -0.2) is 61.6 Å². The monoisotopic (exact) mass is 496 g/mol. The van der Waals surface area contributed by atoms with Crippen molar-refractivity contribution in [1.82, 2.24) is 4.90 Å².